The Hall–Kier alpha value is -1.87. The highest BCUT2D eigenvalue weighted by molar-refractivity contribution is 5.70. The van der Waals surface area contributed by atoms with Crippen molar-refractivity contribution in [2.75, 3.05) is 26.4 Å². The van der Waals surface area contributed by atoms with E-state index in [0.717, 1.165) is 38.5 Å². The van der Waals surface area contributed by atoms with Crippen LogP contribution in [-0.4, -0.2) is 112 Å². The van der Waals surface area contributed by atoms with Crippen molar-refractivity contribution < 1.29 is 64.0 Å². The molecule has 0 amide bonds. The Balaban J connectivity index is 1.67. The lowest BCUT2D eigenvalue weighted by atomic mass is 9.57. The summed E-state index contributed by atoms with van der Waals surface area (Å²) in [6.07, 6.45) is 3.52. The molecule has 12 unspecified atom stereocenters. The summed E-state index contributed by atoms with van der Waals surface area (Å²) in [6.45, 7) is 50.2. The molecule has 0 saturated heterocycles. The molecular weight excluding hydrogens is 1080 g/mol. The van der Waals surface area contributed by atoms with Gasteiger partial charge in [-0.05, 0) is 185 Å². The molecule has 0 aromatic carbocycles. The molecule has 4 fully saturated rings. The molecule has 0 aromatic rings. The largest absolute Gasteiger partial charge is 0.465 e. The Morgan fingerprint density at radius 2 is 0.605 bits per heavy atom. The third-order valence-electron chi connectivity index (χ3n) is 22.2. The van der Waals surface area contributed by atoms with Gasteiger partial charge in [0.15, 0.2) is 6.29 Å². The zero-order valence-electron chi connectivity index (χ0n) is 59.4. The normalized spacial score (nSPS) is 33.3. The van der Waals surface area contributed by atoms with E-state index < -0.39 is 71.5 Å². The Morgan fingerprint density at radius 3 is 0.849 bits per heavy atom. The number of aliphatic hydroxyl groups excluding tert-OH is 6. The molecule has 0 bridgehead atoms. The van der Waals surface area contributed by atoms with E-state index in [0.29, 0.717) is 32.1 Å². The highest BCUT2D eigenvalue weighted by atomic mass is 16.6. The number of hydrogen-bond donors (Lipinski definition) is 6. The van der Waals surface area contributed by atoms with E-state index in [-0.39, 0.29) is 155 Å². The minimum atomic E-state index is -1.44. The molecule has 12 atom stereocenters. The Bertz CT molecular complexity index is 1860. The van der Waals surface area contributed by atoms with Crippen molar-refractivity contribution in [2.24, 2.45) is 120 Å². The monoisotopic (exact) mass is 1220 g/mol. The molecule has 0 aromatic heterocycles. The lowest BCUT2D eigenvalue weighted by Gasteiger charge is -2.52. The van der Waals surface area contributed by atoms with E-state index in [9.17, 15) is 45.0 Å². The van der Waals surface area contributed by atoms with Gasteiger partial charge in [-0.2, -0.15) is 0 Å². The zero-order chi connectivity index (χ0) is 65.9. The molecule has 0 radical (unpaired) electrons. The van der Waals surface area contributed by atoms with E-state index >= 15 is 0 Å². The second-order valence-electron chi connectivity index (χ2n) is 37.6. The second-order valence-corrected chi connectivity index (χ2v) is 37.6. The highest BCUT2D eigenvalue weighted by Gasteiger charge is 2.53. The minimum Gasteiger partial charge on any atom is -0.465 e. The summed E-state index contributed by atoms with van der Waals surface area (Å²) in [5.41, 5.74) is -2.94. The van der Waals surface area contributed by atoms with Crippen LogP contribution in [0.15, 0.2) is 0 Å². The van der Waals surface area contributed by atoms with E-state index in [4.69, 9.17) is 18.9 Å². The quantitative estimate of drug-likeness (QED) is 0.0359. The number of aliphatic hydroxyl groups is 6. The molecule has 86 heavy (non-hydrogen) atoms. The van der Waals surface area contributed by atoms with Gasteiger partial charge in [-0.25, -0.2) is 0 Å². The fourth-order valence-corrected chi connectivity index (χ4v) is 16.4. The maximum Gasteiger partial charge on any atom is 0.305 e. The summed E-state index contributed by atoms with van der Waals surface area (Å²) in [5, 5.41) is 70.5. The van der Waals surface area contributed by atoms with Crippen molar-refractivity contribution in [3.05, 3.63) is 0 Å². The fourth-order valence-electron chi connectivity index (χ4n) is 16.4. The zero-order valence-corrected chi connectivity index (χ0v) is 59.4. The standard InChI is InChI=1S/C73H134O13/c1-65(2,3)48-33-44(34-49(61(48)79)66(4,5)6)25-29-55(74)83-40-73(41-84-56(75)30-26-45-35-50(67(7,8)9)62(80)51(36-45)68(10,11)12,42-85-57(76)31-27-46-37-52(69(13,14)15)63(81)53(38-46)70(16,17)18)43-86-58(77)32-28-47-39-54(71(19,20)21)64(82)59(60(47)78)72(22,23)24/h44-54,58-64,77-82H,25-43H2,1-24H3. The lowest BCUT2D eigenvalue weighted by molar-refractivity contribution is -0.184. The molecule has 0 spiro atoms. The molecule has 4 aliphatic carbocycles. The van der Waals surface area contributed by atoms with Crippen molar-refractivity contribution in [3.8, 4) is 0 Å². The van der Waals surface area contributed by atoms with Gasteiger partial charge in [-0.3, -0.25) is 14.4 Å². The van der Waals surface area contributed by atoms with Crippen LogP contribution in [0, 0.1) is 120 Å². The molecule has 13 nitrogen and oxygen atoms in total. The summed E-state index contributed by atoms with van der Waals surface area (Å²) in [4.78, 5) is 42.7. The van der Waals surface area contributed by atoms with Crippen LogP contribution in [0.5, 0.6) is 0 Å². The van der Waals surface area contributed by atoms with Gasteiger partial charge < -0.3 is 49.6 Å². The first-order valence-corrected chi connectivity index (χ1v) is 34.0. The fraction of sp³-hybridized carbons (Fsp3) is 0.959. The van der Waals surface area contributed by atoms with Crippen LogP contribution in [-0.2, 0) is 33.3 Å². The van der Waals surface area contributed by atoms with Crippen molar-refractivity contribution in [1.82, 2.24) is 0 Å². The van der Waals surface area contributed by atoms with E-state index in [2.05, 4.69) is 145 Å². The van der Waals surface area contributed by atoms with Crippen LogP contribution in [0.2, 0.25) is 0 Å². The Morgan fingerprint density at radius 1 is 0.349 bits per heavy atom. The van der Waals surface area contributed by atoms with Gasteiger partial charge >= 0.3 is 17.9 Å². The number of esters is 3. The average molecular weight is 1220 g/mol. The predicted octanol–water partition coefficient (Wildman–Crippen LogP) is 14.4. The van der Waals surface area contributed by atoms with E-state index in [1.54, 1.807) is 0 Å². The van der Waals surface area contributed by atoms with Gasteiger partial charge in [0, 0.05) is 25.2 Å². The van der Waals surface area contributed by atoms with Gasteiger partial charge in [-0.1, -0.05) is 166 Å². The molecular formula is C73H134O13. The molecule has 0 aliphatic heterocycles. The maximum absolute atomic E-state index is 14.2. The van der Waals surface area contributed by atoms with E-state index in [1.165, 1.54) is 0 Å². The average Bonchev–Trinajstić information content (AvgIpc) is 0.841. The number of rotatable bonds is 21. The molecule has 4 aliphatic rings. The molecule has 4 saturated carbocycles. The number of carbonyl (C=O) groups is 3. The number of ether oxygens (including phenoxy) is 4. The lowest BCUT2D eigenvalue weighted by Crippen LogP contribution is -2.55. The van der Waals surface area contributed by atoms with Crippen molar-refractivity contribution in [1.29, 1.82) is 0 Å². The van der Waals surface area contributed by atoms with Crippen LogP contribution < -0.4 is 0 Å². The predicted molar refractivity (Wildman–Crippen MR) is 344 cm³/mol. The van der Waals surface area contributed by atoms with Crippen LogP contribution in [0.4, 0.5) is 0 Å². The van der Waals surface area contributed by atoms with Gasteiger partial charge in [0.1, 0.15) is 19.8 Å². The van der Waals surface area contributed by atoms with Crippen LogP contribution in [0.25, 0.3) is 0 Å². The molecule has 4 rings (SSSR count). The van der Waals surface area contributed by atoms with Gasteiger partial charge in [0.05, 0.1) is 42.5 Å². The van der Waals surface area contributed by atoms with Gasteiger partial charge in [0.25, 0.3) is 0 Å². The first-order valence-electron chi connectivity index (χ1n) is 34.0. The first kappa shape index (κ1) is 76.6. The van der Waals surface area contributed by atoms with Crippen molar-refractivity contribution in [2.45, 2.75) is 299 Å². The minimum absolute atomic E-state index is 0.0454. The first-order chi connectivity index (χ1) is 38.9. The van der Waals surface area contributed by atoms with Crippen LogP contribution >= 0.6 is 0 Å². The third kappa shape index (κ3) is 21.6. The summed E-state index contributed by atoms with van der Waals surface area (Å²) in [5.74, 6) is -1.33. The summed E-state index contributed by atoms with van der Waals surface area (Å²) in [6, 6.07) is 0. The molecule has 13 heteroatoms. The Labute approximate surface area is 525 Å². The SMILES string of the molecule is CC(C)(C)C1CC(CCC(=O)OCC(COC(=O)CCC2CC(C(C)(C)C)C(O)C(C(C)(C)C)C2)(COC(=O)CCC2CC(C(C)(C)C)C(O)C(C(C)(C)C)C2)COC(O)CCC2CC(C(C)(C)C)C(O)C(C(C)(C)C)C2O)CC(C(C)(C)C)C1O. The molecule has 6 N–H and O–H groups in total. The molecule has 504 valence electrons. The van der Waals surface area contributed by atoms with Gasteiger partial charge in [-0.15, -0.1) is 0 Å². The highest BCUT2D eigenvalue weighted by Crippen LogP contribution is 2.54. The van der Waals surface area contributed by atoms with Crippen molar-refractivity contribution >= 4 is 17.9 Å². The van der Waals surface area contributed by atoms with Gasteiger partial charge in [0.2, 0.25) is 0 Å². The van der Waals surface area contributed by atoms with Crippen LogP contribution in [0.1, 0.15) is 262 Å². The topological polar surface area (TPSA) is 210 Å². The number of hydrogen-bond acceptors (Lipinski definition) is 13. The van der Waals surface area contributed by atoms with E-state index in [1.807, 2.05) is 20.8 Å². The second kappa shape index (κ2) is 29.4. The third-order valence-corrected chi connectivity index (χ3v) is 22.2. The summed E-state index contributed by atoms with van der Waals surface area (Å²) < 4.78 is 25.1. The number of carbonyl (C=O) groups excluding carboxylic acids is 3. The molecule has 0 heterocycles. The summed E-state index contributed by atoms with van der Waals surface area (Å²) >= 11 is 0. The van der Waals surface area contributed by atoms with Crippen LogP contribution in [0.3, 0.4) is 0 Å². The Kier molecular flexibility index (Phi) is 26.2. The summed E-state index contributed by atoms with van der Waals surface area (Å²) in [7, 11) is 0. The van der Waals surface area contributed by atoms with Crippen molar-refractivity contribution in [3.63, 3.8) is 0 Å². The maximum atomic E-state index is 14.2. The smallest absolute Gasteiger partial charge is 0.305 e.